The van der Waals surface area contributed by atoms with Gasteiger partial charge in [-0.05, 0) is 157 Å². The summed E-state index contributed by atoms with van der Waals surface area (Å²) in [6.07, 6.45) is 6.96. The number of nitrogens with zero attached hydrogens (tertiary/aromatic N) is 2. The highest BCUT2D eigenvalue weighted by Gasteiger charge is 2.54. The average Bonchev–Trinajstić information content (AvgIpc) is 4.12. The summed E-state index contributed by atoms with van der Waals surface area (Å²) in [6, 6.07) is 69.6. The molecule has 0 N–H and O–H groups in total. The molecular formula is C65H48N2S2. The van der Waals surface area contributed by atoms with Gasteiger partial charge in [-0.1, -0.05) is 150 Å². The van der Waals surface area contributed by atoms with E-state index in [4.69, 9.17) is 0 Å². The van der Waals surface area contributed by atoms with Crippen LogP contribution in [0.1, 0.15) is 61.4 Å². The van der Waals surface area contributed by atoms with Crippen molar-refractivity contribution < 1.29 is 0 Å². The first kappa shape index (κ1) is 40.6. The highest BCUT2D eigenvalue weighted by atomic mass is 32.1. The Morgan fingerprint density at radius 2 is 0.870 bits per heavy atom. The van der Waals surface area contributed by atoms with Crippen LogP contribution in [0.3, 0.4) is 0 Å². The molecule has 69 heavy (non-hydrogen) atoms. The topological polar surface area (TPSA) is 6.48 Å². The molecule has 0 saturated carbocycles. The summed E-state index contributed by atoms with van der Waals surface area (Å²) in [6.45, 7) is 8.74. The highest BCUT2D eigenvalue weighted by molar-refractivity contribution is 7.26. The molecule has 3 aliphatic carbocycles. The Labute approximate surface area is 411 Å². The Balaban J connectivity index is 1.21. The van der Waals surface area contributed by atoms with Gasteiger partial charge in [-0.3, -0.25) is 0 Å². The highest BCUT2D eigenvalue weighted by Crippen LogP contribution is 2.69. The molecule has 0 saturated heterocycles. The summed E-state index contributed by atoms with van der Waals surface area (Å²) in [5, 5.41) is 4.03. The summed E-state index contributed by atoms with van der Waals surface area (Å²) in [5.74, 6) is 0. The summed E-state index contributed by atoms with van der Waals surface area (Å²) in [5.41, 5.74) is 23.5. The van der Waals surface area contributed by atoms with Gasteiger partial charge in [-0.25, -0.2) is 0 Å². The lowest BCUT2D eigenvalue weighted by molar-refractivity contribution is 0.795. The van der Waals surface area contributed by atoms with Crippen LogP contribution in [0.5, 0.6) is 0 Å². The maximum Gasteiger partial charge on any atom is 0.0727 e. The zero-order chi connectivity index (χ0) is 46.1. The fraction of sp³-hybridized carbons (Fsp3) is 0.108. The van der Waals surface area contributed by atoms with Crippen LogP contribution in [0.15, 0.2) is 188 Å². The number of allylic oxidation sites excluding steroid dienone is 1. The Kier molecular flexibility index (Phi) is 8.97. The smallest absolute Gasteiger partial charge is 0.0727 e. The summed E-state index contributed by atoms with van der Waals surface area (Å²) in [7, 11) is 0. The summed E-state index contributed by atoms with van der Waals surface area (Å²) in [4.78, 5) is 6.55. The van der Waals surface area contributed by atoms with E-state index in [1.165, 1.54) is 119 Å². The maximum atomic E-state index is 2.64. The SMILES string of the molecule is Cc1ccc(N(c2ccc(C)cc2)c2cc3c(c4c5c(sc24)CCC=C5)-c2c(cc(N(c4ccc(C)cc4)c4ccc(C)cc4)c4sc5ccccc5c24)C32c3ccccc3-c3ccccc32)cc1. The minimum absolute atomic E-state index is 0.640. The summed E-state index contributed by atoms with van der Waals surface area (Å²) >= 11 is 3.95. The molecule has 330 valence electrons. The number of hydrogen-bond donors (Lipinski definition) is 0. The molecule has 2 heterocycles. The molecule has 0 fully saturated rings. The normalized spacial score (nSPS) is 13.7. The minimum atomic E-state index is -0.640. The van der Waals surface area contributed by atoms with Crippen molar-refractivity contribution in [3.8, 4) is 22.3 Å². The lowest BCUT2D eigenvalue weighted by Gasteiger charge is -2.34. The van der Waals surface area contributed by atoms with Crippen LogP contribution >= 0.6 is 22.7 Å². The molecule has 0 bridgehead atoms. The minimum Gasteiger partial charge on any atom is -0.309 e. The van der Waals surface area contributed by atoms with E-state index in [-0.39, 0.29) is 0 Å². The van der Waals surface area contributed by atoms with Crippen molar-refractivity contribution in [2.24, 2.45) is 0 Å². The number of thiophene rings is 2. The van der Waals surface area contributed by atoms with Gasteiger partial charge in [-0.15, -0.1) is 22.7 Å². The number of benzene rings is 9. The predicted molar refractivity (Wildman–Crippen MR) is 297 cm³/mol. The Hall–Kier alpha value is -7.50. The second-order valence-corrected chi connectivity index (χ2v) is 21.5. The number of anilines is 6. The monoisotopic (exact) mass is 920 g/mol. The quantitative estimate of drug-likeness (QED) is 0.164. The molecule has 4 heteroatoms. The average molecular weight is 921 g/mol. The van der Waals surface area contributed by atoms with Gasteiger partial charge in [0.05, 0.1) is 26.2 Å². The van der Waals surface area contributed by atoms with Crippen LogP contribution in [0.25, 0.3) is 58.6 Å². The molecule has 2 nitrogen and oxygen atoms in total. The number of rotatable bonds is 6. The van der Waals surface area contributed by atoms with Gasteiger partial charge in [0, 0.05) is 48.5 Å². The molecule has 2 aromatic heterocycles. The van der Waals surface area contributed by atoms with Crippen molar-refractivity contribution in [2.75, 3.05) is 9.80 Å². The Morgan fingerprint density at radius 3 is 1.38 bits per heavy atom. The van der Waals surface area contributed by atoms with E-state index in [0.29, 0.717) is 0 Å². The fourth-order valence-corrected chi connectivity index (χ4v) is 14.6. The first-order valence-corrected chi connectivity index (χ1v) is 25.8. The van der Waals surface area contributed by atoms with Crippen LogP contribution < -0.4 is 9.80 Å². The molecule has 9 aromatic carbocycles. The van der Waals surface area contributed by atoms with E-state index in [1.54, 1.807) is 0 Å². The third-order valence-electron chi connectivity index (χ3n) is 15.2. The van der Waals surface area contributed by atoms with E-state index >= 15 is 0 Å². The van der Waals surface area contributed by atoms with E-state index in [1.807, 2.05) is 22.7 Å². The van der Waals surface area contributed by atoms with Gasteiger partial charge in [0.15, 0.2) is 0 Å². The van der Waals surface area contributed by atoms with Gasteiger partial charge in [0.2, 0.25) is 0 Å². The van der Waals surface area contributed by atoms with E-state index in [0.717, 1.165) is 35.6 Å². The van der Waals surface area contributed by atoms with E-state index in [9.17, 15) is 0 Å². The first-order valence-electron chi connectivity index (χ1n) is 24.2. The maximum absolute atomic E-state index is 2.64. The third kappa shape index (κ3) is 5.83. The zero-order valence-corrected chi connectivity index (χ0v) is 40.7. The lowest BCUT2D eigenvalue weighted by Crippen LogP contribution is -2.26. The van der Waals surface area contributed by atoms with Gasteiger partial charge in [-0.2, -0.15) is 0 Å². The van der Waals surface area contributed by atoms with Crippen molar-refractivity contribution >= 4 is 93.1 Å². The van der Waals surface area contributed by atoms with Crippen LogP contribution in [-0.2, 0) is 11.8 Å². The summed E-state index contributed by atoms with van der Waals surface area (Å²) < 4.78 is 3.94. The molecule has 0 aliphatic heterocycles. The molecule has 14 rings (SSSR count). The molecule has 11 aromatic rings. The van der Waals surface area contributed by atoms with Crippen LogP contribution in [-0.4, -0.2) is 0 Å². The standard InChI is InChI=1S/C65H48N2S2/c1-39-21-29-43(30-22-39)66(44-31-23-40(2)24-32-44)55-37-53-61(59-49-15-7-11-19-57(49)68-63(55)59)62-54(65(53)51-17-9-5-13-47(51)48-14-6-10-18-52(48)65)38-56(64-60(62)50-16-8-12-20-58(50)69-64)67(45-33-25-41(3)26-34-45)46-35-27-42(4)28-36-46/h5-11,13-19,21-38H,12,20H2,1-4H3. The number of aryl methyl sites for hydroxylation is 5. The van der Waals surface area contributed by atoms with E-state index in [2.05, 4.69) is 232 Å². The Morgan fingerprint density at radius 1 is 0.435 bits per heavy atom. The molecular weight excluding hydrogens is 873 g/mol. The Bertz CT molecular complexity index is 3790. The van der Waals surface area contributed by atoms with Crippen molar-refractivity contribution in [1.82, 2.24) is 0 Å². The largest absolute Gasteiger partial charge is 0.309 e. The first-order chi connectivity index (χ1) is 33.9. The molecule has 0 amide bonds. The van der Waals surface area contributed by atoms with Gasteiger partial charge in [0.1, 0.15) is 0 Å². The fourth-order valence-electron chi connectivity index (χ4n) is 12.0. The molecule has 3 aliphatic rings. The van der Waals surface area contributed by atoms with Crippen LogP contribution in [0.4, 0.5) is 34.1 Å². The van der Waals surface area contributed by atoms with Crippen molar-refractivity contribution in [3.05, 3.63) is 243 Å². The van der Waals surface area contributed by atoms with Gasteiger partial charge in [0.25, 0.3) is 0 Å². The number of fused-ring (bicyclic) bond motifs is 18. The second kappa shape index (κ2) is 15.3. The predicted octanol–water partition coefficient (Wildman–Crippen LogP) is 18.7. The molecule has 0 radical (unpaired) electrons. The molecule has 0 unspecified atom stereocenters. The number of hydrogen-bond acceptors (Lipinski definition) is 4. The molecule has 0 atom stereocenters. The van der Waals surface area contributed by atoms with Crippen molar-refractivity contribution in [2.45, 2.75) is 46.0 Å². The lowest BCUT2D eigenvalue weighted by atomic mass is 9.70. The zero-order valence-electron chi connectivity index (χ0n) is 39.1. The van der Waals surface area contributed by atoms with Crippen LogP contribution in [0, 0.1) is 27.7 Å². The molecule has 1 spiro atoms. The van der Waals surface area contributed by atoms with Gasteiger partial charge < -0.3 is 9.80 Å². The van der Waals surface area contributed by atoms with E-state index < -0.39 is 5.41 Å². The van der Waals surface area contributed by atoms with Crippen molar-refractivity contribution in [3.63, 3.8) is 0 Å². The second-order valence-electron chi connectivity index (χ2n) is 19.4. The van der Waals surface area contributed by atoms with Gasteiger partial charge >= 0.3 is 0 Å². The van der Waals surface area contributed by atoms with Crippen LogP contribution in [0.2, 0.25) is 0 Å². The third-order valence-corrected chi connectivity index (χ3v) is 17.6. The van der Waals surface area contributed by atoms with Crippen molar-refractivity contribution in [1.29, 1.82) is 0 Å².